The predicted octanol–water partition coefficient (Wildman–Crippen LogP) is 4.70. The molecule has 0 saturated heterocycles. The Bertz CT molecular complexity index is 618. The summed E-state index contributed by atoms with van der Waals surface area (Å²) in [4.78, 5) is 11.5. The van der Waals surface area contributed by atoms with Crippen LogP contribution in [-0.2, 0) is 14.3 Å². The number of carbonyl (C=O) groups excluding carboxylic acids is 1. The maximum Gasteiger partial charge on any atom is 0.451 e. The van der Waals surface area contributed by atoms with Gasteiger partial charge in [-0.05, 0) is 5.19 Å². The van der Waals surface area contributed by atoms with Gasteiger partial charge in [0.05, 0.1) is 0 Å². The molecule has 0 amide bonds. The van der Waals surface area contributed by atoms with Gasteiger partial charge >= 0.3 is 18.0 Å². The van der Waals surface area contributed by atoms with Crippen molar-refractivity contribution in [3.8, 4) is 0 Å². The summed E-state index contributed by atoms with van der Waals surface area (Å²) in [6.07, 6.45) is -5.69. The zero-order chi connectivity index (χ0) is 20.2. The minimum atomic E-state index is -5.69. The predicted molar refractivity (Wildman–Crippen MR) is 90.7 cm³/mol. The van der Waals surface area contributed by atoms with E-state index in [0.29, 0.717) is 5.19 Å². The lowest BCUT2D eigenvalue weighted by atomic mass is 10.3. The highest BCUT2D eigenvalue weighted by Crippen LogP contribution is 2.38. The second-order valence-electron chi connectivity index (χ2n) is 5.01. The molecule has 0 aliphatic heterocycles. The molecule has 0 spiro atoms. The molecule has 1 unspecified atom stereocenters. The highest BCUT2D eigenvalue weighted by molar-refractivity contribution is 7.51. The molecule has 1 aromatic rings. The summed E-state index contributed by atoms with van der Waals surface area (Å²) in [6, 6.07) is 7.70. The first-order valence-electron chi connectivity index (χ1n) is 6.71. The fraction of sp³-hybridized carbons (Fsp3) is 0.462. The van der Waals surface area contributed by atoms with Gasteiger partial charge < -0.3 is 9.47 Å². The summed E-state index contributed by atoms with van der Waals surface area (Å²) in [5.74, 6) is -6.23. The number of esters is 1. The number of rotatable bonds is 8. The molecular formula is C13H11Cl4F5O3Si. The Morgan fingerprint density at radius 3 is 2.08 bits per heavy atom. The van der Waals surface area contributed by atoms with Crippen LogP contribution in [0, 0.1) is 0 Å². The van der Waals surface area contributed by atoms with Gasteiger partial charge in [-0.25, -0.2) is 9.18 Å². The second kappa shape index (κ2) is 8.79. The zero-order valence-electron chi connectivity index (χ0n) is 12.6. The van der Waals surface area contributed by atoms with Crippen LogP contribution in [0.5, 0.6) is 0 Å². The summed E-state index contributed by atoms with van der Waals surface area (Å²) in [5, 5.41) is 0.485. The van der Waals surface area contributed by atoms with Crippen LogP contribution in [0.25, 0.3) is 0 Å². The van der Waals surface area contributed by atoms with Crippen molar-refractivity contribution in [2.24, 2.45) is 0 Å². The molecular weight excluding hydrogens is 469 g/mol. The minimum Gasteiger partial charge on any atom is -0.427 e. The topological polar surface area (TPSA) is 35.5 Å². The maximum absolute atomic E-state index is 13.3. The Balaban J connectivity index is 2.70. The molecule has 0 heterocycles. The number of benzene rings is 1. The molecule has 0 fully saturated rings. The molecule has 148 valence electrons. The summed E-state index contributed by atoms with van der Waals surface area (Å²) in [7, 11) is 0. The number of hydrogen-bond donors (Lipinski definition) is 0. The lowest BCUT2D eigenvalue weighted by Crippen LogP contribution is -2.47. The molecule has 1 rings (SSSR count). The van der Waals surface area contributed by atoms with E-state index in [9.17, 15) is 26.7 Å². The smallest absolute Gasteiger partial charge is 0.427 e. The van der Waals surface area contributed by atoms with E-state index in [1.807, 2.05) is 0 Å². The van der Waals surface area contributed by atoms with Crippen molar-refractivity contribution in [2.45, 2.75) is 22.6 Å². The van der Waals surface area contributed by atoms with Crippen LogP contribution in [0.1, 0.15) is 0 Å². The van der Waals surface area contributed by atoms with Gasteiger partial charge in [0.2, 0.25) is 0 Å². The first-order valence-corrected chi connectivity index (χ1v) is 11.7. The third kappa shape index (κ3) is 6.69. The monoisotopic (exact) mass is 478 g/mol. The van der Waals surface area contributed by atoms with E-state index < -0.39 is 48.5 Å². The van der Waals surface area contributed by atoms with Crippen LogP contribution in [0.3, 0.4) is 0 Å². The Morgan fingerprint density at radius 2 is 1.62 bits per heavy atom. The second-order valence-corrected chi connectivity index (χ2v) is 13.2. The van der Waals surface area contributed by atoms with Gasteiger partial charge in [0.15, 0.2) is 6.67 Å². The Morgan fingerprint density at radius 1 is 1.08 bits per heavy atom. The van der Waals surface area contributed by atoms with Crippen molar-refractivity contribution in [1.82, 2.24) is 0 Å². The molecule has 3 nitrogen and oxygen atoms in total. The van der Waals surface area contributed by atoms with Gasteiger partial charge in [0, 0.05) is 6.04 Å². The SMILES string of the molecule is O=C(COC(F)(CF)C(F)(F)F)OC(Cl)(Cl)C[Si](Cl)(Cl)c1ccccc1. The standard InChI is InChI=1S/C13H11Cl4F5O3Si/c14-12(15,8-26(16,17)9-4-2-1-3-5-9)25-10(23)6-24-11(19,7-18)13(20,21)22/h1-5H,6-8H2. The summed E-state index contributed by atoms with van der Waals surface area (Å²) in [6.45, 7) is -7.47. The third-order valence-corrected chi connectivity index (χ3v) is 8.00. The molecule has 0 aliphatic rings. The van der Waals surface area contributed by atoms with Crippen molar-refractivity contribution in [2.75, 3.05) is 13.3 Å². The van der Waals surface area contributed by atoms with E-state index in [1.165, 1.54) is 0 Å². The average molecular weight is 480 g/mol. The van der Waals surface area contributed by atoms with Crippen LogP contribution in [0.4, 0.5) is 22.0 Å². The van der Waals surface area contributed by atoms with Crippen molar-refractivity contribution in [3.63, 3.8) is 0 Å². The molecule has 0 radical (unpaired) electrons. The minimum absolute atomic E-state index is 0.453. The molecule has 13 heteroatoms. The van der Waals surface area contributed by atoms with Crippen LogP contribution >= 0.6 is 45.4 Å². The van der Waals surface area contributed by atoms with Crippen LogP contribution in [-0.4, -0.2) is 42.5 Å². The quantitative estimate of drug-likeness (QED) is 0.178. The Labute approximate surface area is 165 Å². The number of ether oxygens (including phenoxy) is 2. The maximum atomic E-state index is 13.3. The molecule has 0 aromatic heterocycles. The van der Waals surface area contributed by atoms with Gasteiger partial charge in [-0.2, -0.15) is 17.6 Å². The lowest BCUT2D eigenvalue weighted by Gasteiger charge is -2.27. The zero-order valence-corrected chi connectivity index (χ0v) is 16.7. The van der Waals surface area contributed by atoms with E-state index >= 15 is 0 Å². The summed E-state index contributed by atoms with van der Waals surface area (Å²) >= 11 is 24.0. The van der Waals surface area contributed by atoms with Crippen LogP contribution in [0.2, 0.25) is 6.04 Å². The van der Waals surface area contributed by atoms with E-state index in [4.69, 9.17) is 45.4 Å². The molecule has 26 heavy (non-hydrogen) atoms. The molecule has 0 aliphatic carbocycles. The first kappa shape index (κ1) is 23.7. The average Bonchev–Trinajstić information content (AvgIpc) is 2.50. The number of hydrogen-bond acceptors (Lipinski definition) is 3. The van der Waals surface area contributed by atoms with Gasteiger partial charge in [-0.3, -0.25) is 0 Å². The van der Waals surface area contributed by atoms with E-state index in [0.717, 1.165) is 0 Å². The molecule has 0 N–H and O–H groups in total. The number of alkyl halides is 7. The van der Waals surface area contributed by atoms with Crippen molar-refractivity contribution >= 4 is 63.2 Å². The normalized spacial score (nSPS) is 15.4. The van der Waals surface area contributed by atoms with Gasteiger partial charge in [0.25, 0.3) is 11.2 Å². The highest BCUT2D eigenvalue weighted by Gasteiger charge is 2.58. The molecule has 0 saturated carbocycles. The molecule has 1 atom stereocenters. The fourth-order valence-corrected chi connectivity index (χ4v) is 7.20. The number of halogens is 9. The van der Waals surface area contributed by atoms with E-state index in [-0.39, 0.29) is 0 Å². The van der Waals surface area contributed by atoms with Gasteiger partial charge in [-0.15, -0.1) is 22.2 Å². The van der Waals surface area contributed by atoms with Gasteiger partial charge in [0.1, 0.15) is 6.61 Å². The van der Waals surface area contributed by atoms with Crippen LogP contribution in [0.15, 0.2) is 30.3 Å². The van der Waals surface area contributed by atoms with Crippen LogP contribution < -0.4 is 5.19 Å². The third-order valence-electron chi connectivity index (χ3n) is 2.90. The molecule has 1 aromatic carbocycles. The largest absolute Gasteiger partial charge is 0.451 e. The molecule has 0 bridgehead atoms. The number of carbonyl (C=O) groups is 1. The van der Waals surface area contributed by atoms with Crippen molar-refractivity contribution in [3.05, 3.63) is 30.3 Å². The Hall–Kier alpha value is -0.323. The van der Waals surface area contributed by atoms with E-state index in [2.05, 4.69) is 9.47 Å². The first-order chi connectivity index (χ1) is 11.7. The Kier molecular flexibility index (Phi) is 8.02. The summed E-state index contributed by atoms with van der Waals surface area (Å²) in [5.41, 5.74) is 0. The van der Waals surface area contributed by atoms with Crippen molar-refractivity contribution < 1.29 is 36.2 Å². The summed E-state index contributed by atoms with van der Waals surface area (Å²) < 4.78 is 68.4. The van der Waals surface area contributed by atoms with Gasteiger partial charge in [-0.1, -0.05) is 53.5 Å². The fourth-order valence-electron chi connectivity index (χ4n) is 1.64. The highest BCUT2D eigenvalue weighted by atomic mass is 35.7. The van der Waals surface area contributed by atoms with E-state index in [1.54, 1.807) is 30.3 Å². The lowest BCUT2D eigenvalue weighted by molar-refractivity contribution is -0.335. The van der Waals surface area contributed by atoms with Crippen molar-refractivity contribution in [1.29, 1.82) is 0 Å².